The first-order chi connectivity index (χ1) is 8.61. The fourth-order valence-corrected chi connectivity index (χ4v) is 2.66. The molecule has 96 valence electrons. The zero-order valence-electron chi connectivity index (χ0n) is 9.92. The fourth-order valence-electron chi connectivity index (χ4n) is 1.91. The monoisotopic (exact) mass is 314 g/mol. The average molecular weight is 315 g/mol. The largest absolute Gasteiger partial charge is 0.469 e. The lowest BCUT2D eigenvalue weighted by atomic mass is 10.0. The summed E-state index contributed by atoms with van der Waals surface area (Å²) in [5, 5.41) is 0. The Morgan fingerprint density at radius 2 is 2.06 bits per heavy atom. The lowest BCUT2D eigenvalue weighted by Crippen LogP contribution is -2.00. The predicted octanol–water partition coefficient (Wildman–Crippen LogP) is 4.80. The van der Waals surface area contributed by atoms with Crippen LogP contribution in [0.5, 0.6) is 0 Å². The highest BCUT2D eigenvalue weighted by Crippen LogP contribution is 2.31. The molecule has 2 aromatic rings. The van der Waals surface area contributed by atoms with E-state index in [0.29, 0.717) is 12.0 Å². The van der Waals surface area contributed by atoms with Gasteiger partial charge in [0.2, 0.25) is 0 Å². The number of halogens is 3. The summed E-state index contributed by atoms with van der Waals surface area (Å²) < 4.78 is 31.7. The highest BCUT2D eigenvalue weighted by Gasteiger charge is 2.16. The van der Waals surface area contributed by atoms with Crippen molar-refractivity contribution in [2.75, 3.05) is 0 Å². The summed E-state index contributed by atoms with van der Waals surface area (Å²) in [5.41, 5.74) is 1.50. The molecule has 0 aliphatic rings. The lowest BCUT2D eigenvalue weighted by molar-refractivity contribution is 0.510. The minimum absolute atomic E-state index is 0.0360. The second-order valence-corrected chi connectivity index (χ2v) is 5.17. The highest BCUT2D eigenvalue weighted by molar-refractivity contribution is 9.09. The quantitative estimate of drug-likeness (QED) is 0.739. The van der Waals surface area contributed by atoms with Gasteiger partial charge in [-0.2, -0.15) is 0 Å². The third-order valence-electron chi connectivity index (χ3n) is 2.85. The van der Waals surface area contributed by atoms with E-state index in [1.54, 1.807) is 6.26 Å². The molecule has 4 heteroatoms. The van der Waals surface area contributed by atoms with Gasteiger partial charge in [-0.15, -0.1) is 0 Å². The molecule has 0 amide bonds. The Labute approximate surface area is 113 Å². The molecule has 1 aromatic heterocycles. The molecule has 0 aliphatic heterocycles. The van der Waals surface area contributed by atoms with Crippen LogP contribution in [0.4, 0.5) is 8.78 Å². The maximum Gasteiger partial charge on any atom is 0.129 e. The molecule has 1 unspecified atom stereocenters. The molecule has 0 bridgehead atoms. The fraction of sp³-hybridized carbons (Fsp3) is 0.286. The molecular weight excluding hydrogens is 302 g/mol. The van der Waals surface area contributed by atoms with Crippen LogP contribution in [0.1, 0.15) is 28.6 Å². The third-order valence-corrected chi connectivity index (χ3v) is 3.67. The van der Waals surface area contributed by atoms with E-state index in [1.807, 2.05) is 13.0 Å². The van der Waals surface area contributed by atoms with Gasteiger partial charge in [-0.1, -0.05) is 28.9 Å². The smallest absolute Gasteiger partial charge is 0.129 e. The second-order valence-electron chi connectivity index (χ2n) is 4.06. The van der Waals surface area contributed by atoms with E-state index >= 15 is 0 Å². The zero-order valence-corrected chi connectivity index (χ0v) is 11.5. The molecule has 0 saturated carbocycles. The van der Waals surface area contributed by atoms with Gasteiger partial charge in [-0.3, -0.25) is 0 Å². The normalized spacial score (nSPS) is 12.7. The Kier molecular flexibility index (Phi) is 4.17. The molecule has 0 saturated heterocycles. The van der Waals surface area contributed by atoms with Crippen molar-refractivity contribution in [3.05, 3.63) is 59.1 Å². The minimum atomic E-state index is -0.556. The molecular formula is C14H13BrF2O. The van der Waals surface area contributed by atoms with E-state index in [-0.39, 0.29) is 4.83 Å². The van der Waals surface area contributed by atoms with Crippen LogP contribution in [0.25, 0.3) is 0 Å². The molecule has 0 spiro atoms. The topological polar surface area (TPSA) is 13.1 Å². The minimum Gasteiger partial charge on any atom is -0.469 e. The lowest BCUT2D eigenvalue weighted by Gasteiger charge is -2.10. The third kappa shape index (κ3) is 2.80. The Hall–Kier alpha value is -1.16. The summed E-state index contributed by atoms with van der Waals surface area (Å²) in [6, 6.07) is 5.53. The first-order valence-electron chi connectivity index (χ1n) is 5.76. The van der Waals surface area contributed by atoms with Gasteiger partial charge in [0.1, 0.15) is 17.4 Å². The van der Waals surface area contributed by atoms with E-state index in [2.05, 4.69) is 15.9 Å². The summed E-state index contributed by atoms with van der Waals surface area (Å²) in [5.74, 6) is -0.180. The summed E-state index contributed by atoms with van der Waals surface area (Å²) in [7, 11) is 0. The molecule has 0 radical (unpaired) electrons. The summed E-state index contributed by atoms with van der Waals surface area (Å²) in [4.78, 5) is -0.0360. The van der Waals surface area contributed by atoms with Crippen molar-refractivity contribution in [1.82, 2.24) is 0 Å². The Morgan fingerprint density at radius 3 is 2.72 bits per heavy atom. The summed E-state index contributed by atoms with van der Waals surface area (Å²) in [6.45, 7) is 2.00. The predicted molar refractivity (Wildman–Crippen MR) is 69.8 cm³/mol. The van der Waals surface area contributed by atoms with Crippen molar-refractivity contribution in [3.63, 3.8) is 0 Å². The van der Waals surface area contributed by atoms with Crippen LogP contribution in [0.2, 0.25) is 0 Å². The van der Waals surface area contributed by atoms with Crippen LogP contribution in [-0.2, 0) is 12.8 Å². The number of hydrogen-bond acceptors (Lipinski definition) is 1. The molecule has 0 aliphatic carbocycles. The van der Waals surface area contributed by atoms with Gasteiger partial charge < -0.3 is 4.42 Å². The van der Waals surface area contributed by atoms with E-state index in [0.717, 1.165) is 23.8 Å². The molecule has 1 aromatic carbocycles. The van der Waals surface area contributed by atoms with Crippen LogP contribution in [0.3, 0.4) is 0 Å². The second kappa shape index (κ2) is 5.65. The van der Waals surface area contributed by atoms with E-state index in [9.17, 15) is 8.78 Å². The Balaban J connectivity index is 2.18. The SMILES string of the molecule is CCc1occc1C(Br)Cc1ccc(F)cc1F. The van der Waals surface area contributed by atoms with Gasteiger partial charge in [-0.25, -0.2) is 8.78 Å². The number of hydrogen-bond donors (Lipinski definition) is 0. The van der Waals surface area contributed by atoms with Gasteiger partial charge in [0.25, 0.3) is 0 Å². The van der Waals surface area contributed by atoms with Crippen LogP contribution in [0, 0.1) is 11.6 Å². The zero-order chi connectivity index (χ0) is 13.1. The molecule has 2 rings (SSSR count). The van der Waals surface area contributed by atoms with Crippen LogP contribution < -0.4 is 0 Å². The Morgan fingerprint density at radius 1 is 1.28 bits per heavy atom. The molecule has 1 nitrogen and oxygen atoms in total. The van der Waals surface area contributed by atoms with Crippen molar-refractivity contribution in [2.45, 2.75) is 24.6 Å². The van der Waals surface area contributed by atoms with Crippen LogP contribution in [-0.4, -0.2) is 0 Å². The van der Waals surface area contributed by atoms with Gasteiger partial charge in [0, 0.05) is 22.9 Å². The number of benzene rings is 1. The highest BCUT2D eigenvalue weighted by atomic mass is 79.9. The standard InChI is InChI=1S/C14H13BrF2O/c1-2-14-11(5-6-18-14)12(15)7-9-3-4-10(16)8-13(9)17/h3-6,8,12H,2,7H2,1H3. The van der Waals surface area contributed by atoms with Crippen molar-refractivity contribution < 1.29 is 13.2 Å². The van der Waals surface area contributed by atoms with Crippen molar-refractivity contribution >= 4 is 15.9 Å². The van der Waals surface area contributed by atoms with E-state index in [4.69, 9.17) is 4.42 Å². The molecule has 1 atom stereocenters. The number of aryl methyl sites for hydroxylation is 1. The van der Waals surface area contributed by atoms with Crippen molar-refractivity contribution in [3.8, 4) is 0 Å². The Bertz CT molecular complexity index is 536. The average Bonchev–Trinajstić information content (AvgIpc) is 2.81. The van der Waals surface area contributed by atoms with Crippen LogP contribution >= 0.6 is 15.9 Å². The van der Waals surface area contributed by atoms with Crippen molar-refractivity contribution in [1.29, 1.82) is 0 Å². The maximum absolute atomic E-state index is 13.6. The maximum atomic E-state index is 13.6. The molecule has 1 heterocycles. The van der Waals surface area contributed by atoms with Crippen molar-refractivity contribution in [2.24, 2.45) is 0 Å². The van der Waals surface area contributed by atoms with Crippen LogP contribution in [0.15, 0.2) is 34.9 Å². The van der Waals surface area contributed by atoms with E-state index in [1.165, 1.54) is 12.1 Å². The van der Waals surface area contributed by atoms with Gasteiger partial charge in [0.05, 0.1) is 6.26 Å². The first kappa shape index (κ1) is 13.3. The van der Waals surface area contributed by atoms with Gasteiger partial charge >= 0.3 is 0 Å². The number of rotatable bonds is 4. The number of furan rings is 1. The van der Waals surface area contributed by atoms with Gasteiger partial charge in [-0.05, 0) is 24.1 Å². The molecule has 18 heavy (non-hydrogen) atoms. The first-order valence-corrected chi connectivity index (χ1v) is 6.67. The van der Waals surface area contributed by atoms with E-state index < -0.39 is 11.6 Å². The van der Waals surface area contributed by atoms with Gasteiger partial charge in [0.15, 0.2) is 0 Å². The number of alkyl halides is 1. The molecule has 0 fully saturated rings. The summed E-state index contributed by atoms with van der Waals surface area (Å²) in [6.07, 6.45) is 2.87. The summed E-state index contributed by atoms with van der Waals surface area (Å²) >= 11 is 3.53. The molecule has 0 N–H and O–H groups in total.